The Balaban J connectivity index is 1.63. The van der Waals surface area contributed by atoms with Crippen LogP contribution >= 0.6 is 0 Å². The third-order valence-corrected chi connectivity index (χ3v) is 6.24. The van der Waals surface area contributed by atoms with Gasteiger partial charge in [0.25, 0.3) is 0 Å². The molecule has 3 atom stereocenters. The molecule has 34 heavy (non-hydrogen) atoms. The van der Waals surface area contributed by atoms with Crippen molar-refractivity contribution in [3.05, 3.63) is 59.7 Å². The Morgan fingerprint density at radius 1 is 1.18 bits per heavy atom. The number of methoxy groups -OCH3 is 2. The molecule has 0 radical (unpaired) electrons. The first kappa shape index (κ1) is 23.8. The fourth-order valence-electron chi connectivity index (χ4n) is 4.57. The van der Waals surface area contributed by atoms with Crippen molar-refractivity contribution in [1.82, 2.24) is 9.80 Å². The molecule has 2 aromatic rings. The van der Waals surface area contributed by atoms with Gasteiger partial charge in [0.05, 0.1) is 26.9 Å². The maximum absolute atomic E-state index is 13.4. The van der Waals surface area contributed by atoms with Crippen LogP contribution in [0.2, 0.25) is 0 Å². The number of carbonyl (C=O) groups excluding carboxylic acids is 1. The molecule has 182 valence electrons. The van der Waals surface area contributed by atoms with Crippen molar-refractivity contribution in [1.29, 1.82) is 0 Å². The maximum atomic E-state index is 13.4. The van der Waals surface area contributed by atoms with Crippen molar-refractivity contribution in [3.63, 3.8) is 0 Å². The number of hydrogen-bond acceptors (Lipinski definition) is 6. The minimum absolute atomic E-state index is 0.0970. The van der Waals surface area contributed by atoms with E-state index in [-0.39, 0.29) is 25.6 Å². The molecular formula is C25H30N2O7. The average Bonchev–Trinajstić information content (AvgIpc) is 3.18. The van der Waals surface area contributed by atoms with E-state index in [1.807, 2.05) is 36.4 Å². The highest BCUT2D eigenvalue weighted by Crippen LogP contribution is 2.38. The van der Waals surface area contributed by atoms with Gasteiger partial charge < -0.3 is 29.0 Å². The monoisotopic (exact) mass is 470 g/mol. The summed E-state index contributed by atoms with van der Waals surface area (Å²) in [7, 11) is 3.12. The molecule has 9 heteroatoms. The molecule has 2 aliphatic heterocycles. The second-order valence-electron chi connectivity index (χ2n) is 8.84. The Labute approximate surface area is 198 Å². The maximum Gasteiger partial charge on any atom is 0.408 e. The van der Waals surface area contributed by atoms with Crippen LogP contribution in [-0.4, -0.2) is 71.7 Å². The van der Waals surface area contributed by atoms with Crippen LogP contribution in [0.25, 0.3) is 0 Å². The first-order chi connectivity index (χ1) is 16.2. The Morgan fingerprint density at radius 3 is 2.50 bits per heavy atom. The lowest BCUT2D eigenvalue weighted by atomic mass is 9.87. The molecule has 2 amide bonds. The predicted molar refractivity (Wildman–Crippen MR) is 123 cm³/mol. The number of carboxylic acid groups (broad SMARTS) is 1. The van der Waals surface area contributed by atoms with E-state index in [9.17, 15) is 14.7 Å². The average molecular weight is 471 g/mol. The number of hydrogen-bond donors (Lipinski definition) is 1. The Hall–Kier alpha value is -3.30. The van der Waals surface area contributed by atoms with Crippen LogP contribution in [0.4, 0.5) is 4.79 Å². The highest BCUT2D eigenvalue weighted by Gasteiger charge is 2.58. The zero-order chi connectivity index (χ0) is 24.5. The van der Waals surface area contributed by atoms with Crippen molar-refractivity contribution in [3.8, 4) is 11.5 Å². The molecule has 0 saturated carbocycles. The first-order valence-electron chi connectivity index (χ1n) is 11.1. The summed E-state index contributed by atoms with van der Waals surface area (Å²) in [6.45, 7) is 4.21. The Bertz CT molecular complexity index is 1040. The molecule has 2 heterocycles. The second-order valence-corrected chi connectivity index (χ2v) is 8.84. The molecular weight excluding hydrogens is 440 g/mol. The zero-order valence-corrected chi connectivity index (χ0v) is 19.8. The standard InChI is InChI=1S/C25H30N2O7/c1-25(2)33-15-20(34-25)21-22(27(24(29)30)13-16-8-6-5-7-9-16)23(28)26(21)14-17-10-11-18(31-3)12-19(17)32-4/h5-12,20-22H,13-15H2,1-4H3,(H,29,30)/t20?,21-,22+/m1/s1. The Morgan fingerprint density at radius 2 is 1.91 bits per heavy atom. The van der Waals surface area contributed by atoms with Crippen LogP contribution in [-0.2, 0) is 27.4 Å². The predicted octanol–water partition coefficient (Wildman–Crippen LogP) is 3.11. The van der Waals surface area contributed by atoms with Gasteiger partial charge in [0.2, 0.25) is 5.91 Å². The molecule has 2 aliphatic rings. The van der Waals surface area contributed by atoms with Gasteiger partial charge in [0.1, 0.15) is 23.6 Å². The van der Waals surface area contributed by atoms with Crippen molar-refractivity contribution in [2.45, 2.75) is 50.9 Å². The summed E-state index contributed by atoms with van der Waals surface area (Å²) in [5.41, 5.74) is 1.58. The molecule has 4 rings (SSSR count). The van der Waals surface area contributed by atoms with Crippen LogP contribution in [0.1, 0.15) is 25.0 Å². The van der Waals surface area contributed by atoms with Crippen molar-refractivity contribution in [2.75, 3.05) is 20.8 Å². The lowest BCUT2D eigenvalue weighted by molar-refractivity contribution is -0.182. The summed E-state index contributed by atoms with van der Waals surface area (Å²) in [4.78, 5) is 28.5. The van der Waals surface area contributed by atoms with Gasteiger partial charge in [0, 0.05) is 24.7 Å². The number of amides is 2. The van der Waals surface area contributed by atoms with Crippen molar-refractivity contribution in [2.24, 2.45) is 0 Å². The summed E-state index contributed by atoms with van der Waals surface area (Å²) in [6, 6.07) is 13.2. The molecule has 0 aromatic heterocycles. The third kappa shape index (κ3) is 4.67. The van der Waals surface area contributed by atoms with Crippen LogP contribution in [0, 0.1) is 0 Å². The van der Waals surface area contributed by atoms with E-state index in [1.165, 1.54) is 4.90 Å². The molecule has 0 spiro atoms. The highest BCUT2D eigenvalue weighted by atomic mass is 16.7. The van der Waals surface area contributed by atoms with E-state index in [0.717, 1.165) is 11.1 Å². The van der Waals surface area contributed by atoms with E-state index >= 15 is 0 Å². The lowest BCUT2D eigenvalue weighted by Gasteiger charge is -2.52. The molecule has 1 unspecified atom stereocenters. The fraction of sp³-hybridized carbons (Fsp3) is 0.440. The van der Waals surface area contributed by atoms with Crippen LogP contribution < -0.4 is 9.47 Å². The zero-order valence-electron chi connectivity index (χ0n) is 19.8. The number of rotatable bonds is 8. The minimum atomic E-state index is -1.16. The van der Waals surface area contributed by atoms with Gasteiger partial charge in [-0.3, -0.25) is 9.69 Å². The summed E-state index contributed by atoms with van der Waals surface area (Å²) in [5.74, 6) is 0.122. The van der Waals surface area contributed by atoms with Crippen molar-refractivity contribution < 1.29 is 33.6 Å². The van der Waals surface area contributed by atoms with Gasteiger partial charge in [-0.2, -0.15) is 0 Å². The quantitative estimate of drug-likeness (QED) is 0.592. The summed E-state index contributed by atoms with van der Waals surface area (Å²) in [6.07, 6.45) is -1.63. The SMILES string of the molecule is COc1ccc(CN2C(=O)[C@@H](N(Cc3ccccc3)C(=O)O)[C@H]2C2COC(C)(C)O2)c(OC)c1. The number of likely N-dealkylation sites (tertiary alicyclic amines) is 1. The summed E-state index contributed by atoms with van der Waals surface area (Å²) in [5, 5.41) is 10.0. The van der Waals surface area contributed by atoms with E-state index in [2.05, 4.69) is 0 Å². The second kappa shape index (κ2) is 9.52. The number of ether oxygens (including phenoxy) is 4. The summed E-state index contributed by atoms with van der Waals surface area (Å²) >= 11 is 0. The number of benzene rings is 2. The molecule has 9 nitrogen and oxygen atoms in total. The smallest absolute Gasteiger partial charge is 0.408 e. The minimum Gasteiger partial charge on any atom is -0.497 e. The van der Waals surface area contributed by atoms with Gasteiger partial charge in [-0.05, 0) is 31.5 Å². The van der Waals surface area contributed by atoms with Crippen LogP contribution in [0.3, 0.4) is 0 Å². The van der Waals surface area contributed by atoms with Gasteiger partial charge in [-0.15, -0.1) is 0 Å². The largest absolute Gasteiger partial charge is 0.497 e. The molecule has 2 fully saturated rings. The Kier molecular flexibility index (Phi) is 6.67. The molecule has 0 aliphatic carbocycles. The van der Waals surface area contributed by atoms with Crippen LogP contribution in [0.15, 0.2) is 48.5 Å². The highest BCUT2D eigenvalue weighted by molar-refractivity contribution is 5.92. The van der Waals surface area contributed by atoms with Crippen LogP contribution in [0.5, 0.6) is 11.5 Å². The third-order valence-electron chi connectivity index (χ3n) is 6.24. The summed E-state index contributed by atoms with van der Waals surface area (Å²) < 4.78 is 22.6. The van der Waals surface area contributed by atoms with Gasteiger partial charge >= 0.3 is 6.09 Å². The van der Waals surface area contributed by atoms with E-state index in [0.29, 0.717) is 11.5 Å². The molecule has 2 aromatic carbocycles. The van der Waals surface area contributed by atoms with Gasteiger partial charge in [0.15, 0.2) is 5.79 Å². The topological polar surface area (TPSA) is 97.8 Å². The molecule has 0 bridgehead atoms. The van der Waals surface area contributed by atoms with Crippen molar-refractivity contribution >= 4 is 12.0 Å². The lowest BCUT2D eigenvalue weighted by Crippen LogP contribution is -2.74. The van der Waals surface area contributed by atoms with Gasteiger partial charge in [-0.1, -0.05) is 30.3 Å². The number of β-lactam (4-membered cyclic amide) rings is 1. The van der Waals surface area contributed by atoms with E-state index < -0.39 is 30.1 Å². The number of nitrogens with zero attached hydrogens (tertiary/aromatic N) is 2. The fourth-order valence-corrected chi connectivity index (χ4v) is 4.57. The van der Waals surface area contributed by atoms with E-state index in [4.69, 9.17) is 18.9 Å². The normalized spacial score (nSPS) is 23.4. The molecule has 2 saturated heterocycles. The molecule has 1 N–H and O–H groups in total. The van der Waals surface area contributed by atoms with E-state index in [1.54, 1.807) is 45.1 Å². The first-order valence-corrected chi connectivity index (χ1v) is 11.1. The number of carbonyl (C=O) groups is 2. The van der Waals surface area contributed by atoms with Gasteiger partial charge in [-0.25, -0.2) is 4.79 Å².